The minimum atomic E-state index is -0.461. The predicted molar refractivity (Wildman–Crippen MR) is 130 cm³/mol. The molecule has 0 saturated carbocycles. The minimum absolute atomic E-state index is 0.0800. The number of H-pyrrole nitrogens is 1. The third-order valence-corrected chi connectivity index (χ3v) is 7.31. The minimum Gasteiger partial charge on any atom is -0.465 e. The van der Waals surface area contributed by atoms with Gasteiger partial charge in [-0.2, -0.15) is 0 Å². The number of nitrogens with zero attached hydrogens (tertiary/aromatic N) is 2. The smallest absolute Gasteiger partial charge is 0.417 e. The topological polar surface area (TPSA) is 95.9 Å². The lowest BCUT2D eigenvalue weighted by atomic mass is 9.96. The van der Waals surface area contributed by atoms with Crippen LogP contribution >= 0.6 is 0 Å². The number of ether oxygens (including phenoxy) is 1. The van der Waals surface area contributed by atoms with E-state index in [4.69, 9.17) is 9.15 Å². The van der Waals surface area contributed by atoms with Crippen LogP contribution in [0.5, 0.6) is 0 Å². The summed E-state index contributed by atoms with van der Waals surface area (Å²) in [5.74, 6) is -0.545. The Morgan fingerprint density at radius 1 is 1.21 bits per heavy atom. The van der Waals surface area contributed by atoms with Crippen LogP contribution in [0.3, 0.4) is 0 Å². The molecule has 2 fully saturated rings. The molecule has 1 aromatic carbocycles. The number of carbonyl (C=O) groups is 2. The fourth-order valence-corrected chi connectivity index (χ4v) is 5.48. The van der Waals surface area contributed by atoms with Crippen LogP contribution in [0.4, 0.5) is 0 Å². The van der Waals surface area contributed by atoms with Crippen LogP contribution in [-0.4, -0.2) is 65.0 Å². The number of fused-ring (bicyclic) bond motifs is 1. The molecular weight excluding hydrogens is 434 g/mol. The molecule has 186 valence electrons. The monoisotopic (exact) mass is 471 g/mol. The first-order valence-corrected chi connectivity index (χ1v) is 12.7. The van der Waals surface area contributed by atoms with Crippen molar-refractivity contribution < 1.29 is 18.7 Å². The Morgan fingerprint density at radius 3 is 2.71 bits per heavy atom. The van der Waals surface area contributed by atoms with Crippen LogP contribution in [0.15, 0.2) is 21.3 Å². The highest BCUT2D eigenvalue weighted by molar-refractivity contribution is 5.80. The van der Waals surface area contributed by atoms with Crippen LogP contribution in [0.25, 0.3) is 11.1 Å². The summed E-state index contributed by atoms with van der Waals surface area (Å²) >= 11 is 0. The van der Waals surface area contributed by atoms with E-state index in [1.54, 1.807) is 0 Å². The van der Waals surface area contributed by atoms with Gasteiger partial charge in [0.15, 0.2) is 5.58 Å². The lowest BCUT2D eigenvalue weighted by molar-refractivity contribution is -0.150. The molecule has 2 atom stereocenters. The summed E-state index contributed by atoms with van der Waals surface area (Å²) in [6.07, 6.45) is 6.18. The number of oxazole rings is 1. The molecule has 1 amide bonds. The van der Waals surface area contributed by atoms with Crippen molar-refractivity contribution in [2.75, 3.05) is 26.2 Å². The second-order valence-electron chi connectivity index (χ2n) is 9.88. The maximum atomic E-state index is 13.2. The maximum Gasteiger partial charge on any atom is 0.417 e. The van der Waals surface area contributed by atoms with E-state index in [0.29, 0.717) is 43.3 Å². The van der Waals surface area contributed by atoms with Gasteiger partial charge in [-0.25, -0.2) is 4.79 Å². The van der Waals surface area contributed by atoms with E-state index in [0.717, 1.165) is 56.2 Å². The molecule has 0 radical (unpaired) electrons. The average molecular weight is 472 g/mol. The maximum absolute atomic E-state index is 13.2. The average Bonchev–Trinajstić information content (AvgIpc) is 3.45. The fourth-order valence-electron chi connectivity index (χ4n) is 5.48. The summed E-state index contributed by atoms with van der Waals surface area (Å²) < 4.78 is 10.7. The van der Waals surface area contributed by atoms with Crippen molar-refractivity contribution in [2.24, 2.45) is 5.92 Å². The van der Waals surface area contributed by atoms with Crippen LogP contribution in [0, 0.1) is 12.8 Å². The highest BCUT2D eigenvalue weighted by Crippen LogP contribution is 2.28. The number of nitrogens with one attached hydrogen (secondary N) is 1. The number of aryl methyl sites for hydroxylation is 1. The second-order valence-corrected chi connectivity index (χ2v) is 9.88. The number of rotatable bonds is 8. The van der Waals surface area contributed by atoms with Crippen LogP contribution in [0.1, 0.15) is 63.5 Å². The first-order chi connectivity index (χ1) is 16.4. The highest BCUT2D eigenvalue weighted by Gasteiger charge is 2.38. The van der Waals surface area contributed by atoms with E-state index >= 15 is 0 Å². The van der Waals surface area contributed by atoms with Crippen molar-refractivity contribution in [3.05, 3.63) is 33.8 Å². The number of hydrogen-bond donors (Lipinski definition) is 1. The Bertz CT molecular complexity index is 1070. The summed E-state index contributed by atoms with van der Waals surface area (Å²) in [5, 5.41) is 0. The molecule has 0 spiro atoms. The van der Waals surface area contributed by atoms with Crippen molar-refractivity contribution in [3.8, 4) is 0 Å². The van der Waals surface area contributed by atoms with Gasteiger partial charge < -0.3 is 14.1 Å². The van der Waals surface area contributed by atoms with Gasteiger partial charge in [-0.15, -0.1) is 0 Å². The van der Waals surface area contributed by atoms with Gasteiger partial charge in [0, 0.05) is 25.0 Å². The van der Waals surface area contributed by atoms with Crippen LogP contribution in [0.2, 0.25) is 0 Å². The molecule has 2 aromatic rings. The quantitative estimate of drug-likeness (QED) is 0.468. The zero-order valence-electron chi connectivity index (χ0n) is 20.6. The van der Waals surface area contributed by atoms with Gasteiger partial charge in [-0.1, -0.05) is 26.3 Å². The normalized spacial score (nSPS) is 20.7. The number of piperidine rings is 1. The largest absolute Gasteiger partial charge is 0.465 e. The molecule has 1 aromatic heterocycles. The van der Waals surface area contributed by atoms with Crippen molar-refractivity contribution in [1.29, 1.82) is 0 Å². The molecule has 1 N–H and O–H groups in total. The second kappa shape index (κ2) is 10.8. The van der Waals surface area contributed by atoms with Crippen molar-refractivity contribution in [2.45, 2.75) is 77.8 Å². The number of esters is 1. The van der Waals surface area contributed by atoms with E-state index in [1.165, 1.54) is 0 Å². The molecule has 0 bridgehead atoms. The molecule has 4 rings (SSSR count). The number of hydrogen-bond acceptors (Lipinski definition) is 6. The van der Waals surface area contributed by atoms with Crippen molar-refractivity contribution in [3.63, 3.8) is 0 Å². The SMILES string of the molecule is CCCCOC(=O)[C@H]1CCCN1C1CCN(C(=O)[C@H](C)Cc2cc(C)c3[nH]c(=O)oc3c2)CC1. The zero-order chi connectivity index (χ0) is 24.2. The van der Waals surface area contributed by atoms with Gasteiger partial charge in [-0.05, 0) is 69.2 Å². The predicted octanol–water partition coefficient (Wildman–Crippen LogP) is 3.41. The third-order valence-electron chi connectivity index (χ3n) is 7.31. The highest BCUT2D eigenvalue weighted by atomic mass is 16.5. The van der Waals surface area contributed by atoms with Gasteiger partial charge in [0.2, 0.25) is 5.91 Å². The van der Waals surface area contributed by atoms with E-state index in [1.807, 2.05) is 30.9 Å². The van der Waals surface area contributed by atoms with Gasteiger partial charge in [0.25, 0.3) is 0 Å². The third kappa shape index (κ3) is 5.37. The number of amides is 1. The molecule has 8 heteroatoms. The summed E-state index contributed by atoms with van der Waals surface area (Å²) in [5.41, 5.74) is 3.18. The number of aromatic nitrogens is 1. The Hall–Kier alpha value is -2.61. The lowest BCUT2D eigenvalue weighted by Gasteiger charge is -2.39. The summed E-state index contributed by atoms with van der Waals surface area (Å²) in [6.45, 7) is 8.85. The summed E-state index contributed by atoms with van der Waals surface area (Å²) in [4.78, 5) is 44.2. The molecule has 2 aliphatic heterocycles. The standard InChI is InChI=1S/C26H37N3O5/c1-4-5-13-33-25(31)21-7-6-10-29(21)20-8-11-28(12-9-20)24(30)18(3)15-19-14-17(2)23-22(16-19)34-26(32)27-23/h14,16,18,20-21H,4-13,15H2,1-3H3,(H,27,32)/t18-,21-/m1/s1. The molecule has 3 heterocycles. The molecular formula is C26H37N3O5. The lowest BCUT2D eigenvalue weighted by Crippen LogP contribution is -2.51. The zero-order valence-corrected chi connectivity index (χ0v) is 20.6. The van der Waals surface area contributed by atoms with E-state index in [9.17, 15) is 14.4 Å². The molecule has 2 saturated heterocycles. The van der Waals surface area contributed by atoms with E-state index in [-0.39, 0.29) is 23.8 Å². The summed E-state index contributed by atoms with van der Waals surface area (Å²) in [6, 6.07) is 4.06. The number of carbonyl (C=O) groups excluding carboxylic acids is 2. The molecule has 0 aliphatic carbocycles. The Balaban J connectivity index is 1.31. The van der Waals surface area contributed by atoms with Gasteiger partial charge in [0.05, 0.1) is 12.1 Å². The molecule has 2 aliphatic rings. The number of benzene rings is 1. The Labute approximate surface area is 200 Å². The first-order valence-electron chi connectivity index (χ1n) is 12.7. The summed E-state index contributed by atoms with van der Waals surface area (Å²) in [7, 11) is 0. The number of unbranched alkanes of at least 4 members (excludes halogenated alkanes) is 1. The fraction of sp³-hybridized carbons (Fsp3) is 0.654. The van der Waals surface area contributed by atoms with Crippen LogP contribution in [-0.2, 0) is 20.7 Å². The van der Waals surface area contributed by atoms with E-state index in [2.05, 4.69) is 16.8 Å². The number of likely N-dealkylation sites (tertiary alicyclic amines) is 2. The molecule has 8 nitrogen and oxygen atoms in total. The van der Waals surface area contributed by atoms with Gasteiger partial charge in [-0.3, -0.25) is 19.5 Å². The van der Waals surface area contributed by atoms with E-state index < -0.39 is 5.76 Å². The molecule has 34 heavy (non-hydrogen) atoms. The van der Waals surface area contributed by atoms with Gasteiger partial charge in [0.1, 0.15) is 6.04 Å². The van der Waals surface area contributed by atoms with Gasteiger partial charge >= 0.3 is 11.7 Å². The van der Waals surface area contributed by atoms with Crippen molar-refractivity contribution >= 4 is 23.0 Å². The number of aromatic amines is 1. The molecule has 0 unspecified atom stereocenters. The Kier molecular flexibility index (Phi) is 7.76. The van der Waals surface area contributed by atoms with Crippen LogP contribution < -0.4 is 5.76 Å². The first kappa shape index (κ1) is 24.5. The van der Waals surface area contributed by atoms with Crippen molar-refractivity contribution in [1.82, 2.24) is 14.8 Å². The Morgan fingerprint density at radius 2 is 1.97 bits per heavy atom.